The van der Waals surface area contributed by atoms with Crippen molar-refractivity contribution in [3.63, 3.8) is 0 Å². The number of hydrogen-bond donors (Lipinski definition) is 1. The normalized spacial score (nSPS) is 19.1. The number of fused-ring (bicyclic) bond motifs is 2. The van der Waals surface area contributed by atoms with Gasteiger partial charge in [0, 0.05) is 29.1 Å². The summed E-state index contributed by atoms with van der Waals surface area (Å²) < 4.78 is 23.4. The van der Waals surface area contributed by atoms with E-state index in [1.807, 2.05) is 12.3 Å². The van der Waals surface area contributed by atoms with Crippen molar-refractivity contribution >= 4 is 16.6 Å². The Hall–Kier alpha value is -3.00. The van der Waals surface area contributed by atoms with E-state index in [-0.39, 0.29) is 17.7 Å². The third kappa shape index (κ3) is 3.74. The molecule has 1 aliphatic rings. The largest absolute Gasteiger partial charge is 0.493 e. The number of nitrogens with zero attached hydrogens (tertiary/aromatic N) is 5. The van der Waals surface area contributed by atoms with Crippen LogP contribution < -0.4 is 4.74 Å². The summed E-state index contributed by atoms with van der Waals surface area (Å²) >= 11 is 0. The molecule has 1 fully saturated rings. The minimum absolute atomic E-state index is 0.111. The van der Waals surface area contributed by atoms with Crippen LogP contribution in [-0.2, 0) is 0 Å². The van der Waals surface area contributed by atoms with Crippen LogP contribution in [0.1, 0.15) is 69.5 Å². The van der Waals surface area contributed by atoms with E-state index in [9.17, 15) is 0 Å². The molecule has 0 unspecified atom stereocenters. The molecule has 0 amide bonds. The first kappa shape index (κ1) is 22.8. The van der Waals surface area contributed by atoms with Crippen molar-refractivity contribution in [2.24, 2.45) is 0 Å². The minimum Gasteiger partial charge on any atom is -0.493 e. The molecule has 7 nitrogen and oxygen atoms in total. The molecule has 0 radical (unpaired) electrons. The molecule has 0 saturated heterocycles. The fourth-order valence-corrected chi connectivity index (χ4v) is 5.51. The van der Waals surface area contributed by atoms with Crippen LogP contribution in [0.2, 0.25) is 0 Å². The number of hydrogen-bond acceptors (Lipinski definition) is 5. The van der Waals surface area contributed by atoms with Gasteiger partial charge in [0.25, 0.3) is 0 Å². The predicted molar refractivity (Wildman–Crippen MR) is 132 cm³/mol. The van der Waals surface area contributed by atoms with E-state index in [2.05, 4.69) is 52.8 Å². The number of aromatic nitrogens is 5. The van der Waals surface area contributed by atoms with Gasteiger partial charge in [-0.1, -0.05) is 20.8 Å². The number of ether oxygens (including phenoxy) is 1. The predicted octanol–water partition coefficient (Wildman–Crippen LogP) is 5.52. The van der Waals surface area contributed by atoms with E-state index in [0.29, 0.717) is 28.5 Å². The van der Waals surface area contributed by atoms with Gasteiger partial charge in [0.05, 0.1) is 30.2 Å². The Bertz CT molecular complexity index is 1320. The van der Waals surface area contributed by atoms with Crippen LogP contribution >= 0.6 is 0 Å². The van der Waals surface area contributed by atoms with E-state index in [4.69, 9.17) is 4.74 Å². The summed E-state index contributed by atoms with van der Waals surface area (Å²) in [5.41, 5.74) is 4.68. The van der Waals surface area contributed by atoms with Crippen molar-refractivity contribution in [1.82, 2.24) is 29.5 Å². The topological polar surface area (TPSA) is 71.3 Å². The number of pyridine rings is 2. The van der Waals surface area contributed by atoms with E-state index < -0.39 is 0 Å². The molecule has 4 aromatic heterocycles. The molecule has 8 heteroatoms. The zero-order valence-electron chi connectivity index (χ0n) is 20.6. The summed E-state index contributed by atoms with van der Waals surface area (Å²) in [6.45, 7) is 7.43. The van der Waals surface area contributed by atoms with Crippen LogP contribution in [0.4, 0.5) is 4.39 Å². The van der Waals surface area contributed by atoms with Crippen molar-refractivity contribution in [2.45, 2.75) is 64.3 Å². The average Bonchev–Trinajstić information content (AvgIpc) is 3.48. The summed E-state index contributed by atoms with van der Waals surface area (Å²) in [5.74, 6) is 0.719. The quantitative estimate of drug-likeness (QED) is 0.407. The van der Waals surface area contributed by atoms with Crippen LogP contribution in [0, 0.1) is 5.82 Å². The summed E-state index contributed by atoms with van der Waals surface area (Å²) in [4.78, 5) is 14.7. The van der Waals surface area contributed by atoms with Crippen molar-refractivity contribution < 1.29 is 9.13 Å². The number of halogens is 1. The van der Waals surface area contributed by atoms with Crippen LogP contribution in [0.3, 0.4) is 0 Å². The van der Waals surface area contributed by atoms with Gasteiger partial charge in [0.2, 0.25) is 0 Å². The monoisotopic (exact) mass is 464 g/mol. The fourth-order valence-electron chi connectivity index (χ4n) is 5.51. The highest BCUT2D eigenvalue weighted by Gasteiger charge is 2.29. The zero-order chi connectivity index (χ0) is 24.0. The lowest BCUT2D eigenvalue weighted by Gasteiger charge is -2.34. The lowest BCUT2D eigenvalue weighted by Crippen LogP contribution is -2.34. The van der Waals surface area contributed by atoms with Gasteiger partial charge < -0.3 is 14.6 Å². The third-order valence-corrected chi connectivity index (χ3v) is 7.48. The Morgan fingerprint density at radius 2 is 2.00 bits per heavy atom. The van der Waals surface area contributed by atoms with E-state index in [1.54, 1.807) is 17.8 Å². The molecular formula is C26H33FN6O. The van der Waals surface area contributed by atoms with Crippen LogP contribution in [-0.4, -0.2) is 56.2 Å². The van der Waals surface area contributed by atoms with E-state index >= 15 is 4.39 Å². The number of H-pyrrole nitrogens is 1. The van der Waals surface area contributed by atoms with Crippen molar-refractivity contribution in [2.75, 3.05) is 20.7 Å². The van der Waals surface area contributed by atoms with Gasteiger partial charge in [-0.3, -0.25) is 4.98 Å². The van der Waals surface area contributed by atoms with Gasteiger partial charge in [-0.05, 0) is 56.8 Å². The molecule has 1 aliphatic carbocycles. The molecule has 0 aliphatic heterocycles. The van der Waals surface area contributed by atoms with Crippen LogP contribution in [0.15, 0.2) is 24.8 Å². The second kappa shape index (κ2) is 8.98. The highest BCUT2D eigenvalue weighted by molar-refractivity contribution is 5.92. The molecule has 34 heavy (non-hydrogen) atoms. The number of methoxy groups -OCH3 is 1. The van der Waals surface area contributed by atoms with Crippen molar-refractivity contribution in [1.29, 1.82) is 0 Å². The van der Waals surface area contributed by atoms with E-state index in [0.717, 1.165) is 54.6 Å². The highest BCUT2D eigenvalue weighted by atomic mass is 19.1. The first-order valence-corrected chi connectivity index (χ1v) is 12.2. The van der Waals surface area contributed by atoms with Crippen LogP contribution in [0.25, 0.3) is 27.8 Å². The van der Waals surface area contributed by atoms with Gasteiger partial charge >= 0.3 is 0 Å². The maximum atomic E-state index is 16.1. The minimum atomic E-state index is -0.176. The first-order valence-electron chi connectivity index (χ1n) is 12.2. The summed E-state index contributed by atoms with van der Waals surface area (Å²) in [6.07, 6.45) is 9.32. The third-order valence-electron chi connectivity index (χ3n) is 7.48. The lowest BCUT2D eigenvalue weighted by molar-refractivity contribution is 0.188. The fraction of sp³-hybridized carbons (Fsp3) is 0.500. The number of rotatable bonds is 6. The molecule has 5 rings (SSSR count). The molecule has 4 aromatic rings. The molecule has 1 N–H and O–H groups in total. The zero-order valence-corrected chi connectivity index (χ0v) is 20.6. The molecule has 0 spiro atoms. The van der Waals surface area contributed by atoms with Gasteiger partial charge in [0.15, 0.2) is 17.2 Å². The summed E-state index contributed by atoms with van der Waals surface area (Å²) in [6, 6.07) is 2.51. The van der Waals surface area contributed by atoms with Crippen LogP contribution in [0.5, 0.6) is 5.75 Å². The molecule has 0 atom stereocenters. The Morgan fingerprint density at radius 1 is 1.24 bits per heavy atom. The second-order valence-electron chi connectivity index (χ2n) is 9.72. The molecule has 180 valence electrons. The summed E-state index contributed by atoms with van der Waals surface area (Å²) in [5, 5.41) is 4.93. The number of aromatic amines is 1. The van der Waals surface area contributed by atoms with Crippen molar-refractivity contribution in [3.8, 4) is 17.0 Å². The first-order chi connectivity index (χ1) is 16.4. The molecular weight excluding hydrogens is 431 g/mol. The van der Waals surface area contributed by atoms with Gasteiger partial charge in [-0.15, -0.1) is 0 Å². The smallest absolute Gasteiger partial charge is 0.197 e. The highest BCUT2D eigenvalue weighted by Crippen LogP contribution is 2.41. The Kier molecular flexibility index (Phi) is 6.02. The second-order valence-corrected chi connectivity index (χ2v) is 9.72. The van der Waals surface area contributed by atoms with Gasteiger partial charge in [-0.25, -0.2) is 13.9 Å². The molecule has 0 bridgehead atoms. The lowest BCUT2D eigenvalue weighted by atomic mass is 9.82. The maximum Gasteiger partial charge on any atom is 0.197 e. The Morgan fingerprint density at radius 3 is 2.68 bits per heavy atom. The Balaban J connectivity index is 1.59. The molecule has 4 heterocycles. The SMILES string of the molecule is CCN(C)C1CCC(c2ncc3[nH]c(-c4cc(OC)c5ncnn5c4)c(C(C)C)c3c2F)CC1. The van der Waals surface area contributed by atoms with E-state index in [1.165, 1.54) is 6.33 Å². The Labute approximate surface area is 199 Å². The summed E-state index contributed by atoms with van der Waals surface area (Å²) in [7, 11) is 3.79. The van der Waals surface area contributed by atoms with Crippen molar-refractivity contribution in [3.05, 3.63) is 41.9 Å². The maximum absolute atomic E-state index is 16.1. The number of nitrogens with one attached hydrogen (secondary N) is 1. The standard InChI is InChI=1S/C26H33FN6O/c1-6-32(4)18-9-7-16(8-10-18)25-23(27)22-19(12-28-25)31-24(21(22)15(2)3)17-11-20(34-5)26-29-14-30-33(26)13-17/h11-16,18,31H,6-10H2,1-5H3. The van der Waals surface area contributed by atoms with Gasteiger partial charge in [-0.2, -0.15) is 5.10 Å². The average molecular weight is 465 g/mol. The molecule has 1 saturated carbocycles. The molecule has 0 aromatic carbocycles. The van der Waals surface area contributed by atoms with Gasteiger partial charge in [0.1, 0.15) is 6.33 Å².